The Morgan fingerprint density at radius 2 is 1.70 bits per heavy atom. The standard InChI is InChI=1S/C25H25N3O2/c1-27(18-21-17-26-24-10-6-7-15-28(21)24)25(29)16-23(19-8-4-3-5-9-19)20-11-13-22(30-2)14-12-20/h3-15,17,23H,16,18H2,1-2H3/t23-/m0/s1. The van der Waals surface area contributed by atoms with Gasteiger partial charge in [0.15, 0.2) is 0 Å². The number of methoxy groups -OCH3 is 1. The fourth-order valence-electron chi connectivity index (χ4n) is 3.71. The van der Waals surface area contributed by atoms with Crippen molar-refractivity contribution < 1.29 is 9.53 Å². The summed E-state index contributed by atoms with van der Waals surface area (Å²) in [6.45, 7) is 0.508. The maximum Gasteiger partial charge on any atom is 0.223 e. The zero-order valence-electron chi connectivity index (χ0n) is 17.2. The Balaban J connectivity index is 1.55. The number of pyridine rings is 1. The number of hydrogen-bond donors (Lipinski definition) is 0. The maximum atomic E-state index is 13.2. The lowest BCUT2D eigenvalue weighted by Crippen LogP contribution is -2.28. The van der Waals surface area contributed by atoms with Crippen molar-refractivity contribution in [2.75, 3.05) is 14.2 Å². The van der Waals surface area contributed by atoms with E-state index >= 15 is 0 Å². The largest absolute Gasteiger partial charge is 0.497 e. The molecule has 0 N–H and O–H groups in total. The quantitative estimate of drug-likeness (QED) is 0.459. The number of aromatic nitrogens is 2. The van der Waals surface area contributed by atoms with Gasteiger partial charge in [-0.3, -0.25) is 4.79 Å². The average molecular weight is 399 g/mol. The van der Waals surface area contributed by atoms with Crippen molar-refractivity contribution >= 4 is 11.6 Å². The predicted octanol–water partition coefficient (Wildman–Crippen LogP) is 4.52. The van der Waals surface area contributed by atoms with Crippen molar-refractivity contribution in [1.29, 1.82) is 0 Å². The molecule has 0 unspecified atom stereocenters. The fraction of sp³-hybridized carbons (Fsp3) is 0.200. The van der Waals surface area contributed by atoms with Gasteiger partial charge in [0.25, 0.3) is 0 Å². The van der Waals surface area contributed by atoms with E-state index in [0.717, 1.165) is 28.2 Å². The third-order valence-corrected chi connectivity index (χ3v) is 5.42. The summed E-state index contributed by atoms with van der Waals surface area (Å²) in [5, 5.41) is 0. The molecule has 5 heteroatoms. The van der Waals surface area contributed by atoms with Crippen molar-refractivity contribution in [2.24, 2.45) is 0 Å². The first-order valence-corrected chi connectivity index (χ1v) is 9.99. The Morgan fingerprint density at radius 1 is 1.00 bits per heavy atom. The highest BCUT2D eigenvalue weighted by Gasteiger charge is 2.21. The summed E-state index contributed by atoms with van der Waals surface area (Å²) in [5.41, 5.74) is 4.09. The molecule has 152 valence electrons. The third kappa shape index (κ3) is 4.20. The molecular weight excluding hydrogens is 374 g/mol. The van der Waals surface area contributed by atoms with Gasteiger partial charge >= 0.3 is 0 Å². The van der Waals surface area contributed by atoms with Gasteiger partial charge in [0.1, 0.15) is 11.4 Å². The van der Waals surface area contributed by atoms with E-state index in [0.29, 0.717) is 13.0 Å². The summed E-state index contributed by atoms with van der Waals surface area (Å²) in [5.74, 6) is 0.876. The molecule has 0 bridgehead atoms. The highest BCUT2D eigenvalue weighted by molar-refractivity contribution is 5.77. The van der Waals surface area contributed by atoms with E-state index in [1.54, 1.807) is 12.0 Å². The number of imidazole rings is 1. The van der Waals surface area contributed by atoms with Crippen LogP contribution in [0.2, 0.25) is 0 Å². The number of benzene rings is 2. The molecule has 1 amide bonds. The lowest BCUT2D eigenvalue weighted by molar-refractivity contribution is -0.130. The molecule has 4 rings (SSSR count). The number of nitrogens with zero attached hydrogens (tertiary/aromatic N) is 3. The molecule has 0 fully saturated rings. The number of carbonyl (C=O) groups excluding carboxylic acids is 1. The first-order valence-electron chi connectivity index (χ1n) is 9.99. The number of hydrogen-bond acceptors (Lipinski definition) is 3. The van der Waals surface area contributed by atoms with Gasteiger partial charge in [-0.1, -0.05) is 48.5 Å². The van der Waals surface area contributed by atoms with Crippen molar-refractivity contribution in [1.82, 2.24) is 14.3 Å². The number of fused-ring (bicyclic) bond motifs is 1. The van der Waals surface area contributed by atoms with Crippen LogP contribution < -0.4 is 4.74 Å². The van der Waals surface area contributed by atoms with Crippen LogP contribution in [0.25, 0.3) is 5.65 Å². The van der Waals surface area contributed by atoms with E-state index in [4.69, 9.17) is 4.74 Å². The highest BCUT2D eigenvalue weighted by Crippen LogP contribution is 2.30. The molecule has 0 saturated heterocycles. The average Bonchev–Trinajstić information content (AvgIpc) is 3.21. The van der Waals surface area contributed by atoms with Crippen LogP contribution in [0.5, 0.6) is 5.75 Å². The molecule has 2 aromatic carbocycles. The monoisotopic (exact) mass is 399 g/mol. The van der Waals surface area contributed by atoms with E-state index in [9.17, 15) is 4.79 Å². The smallest absolute Gasteiger partial charge is 0.223 e. The molecule has 0 aliphatic carbocycles. The second-order valence-corrected chi connectivity index (χ2v) is 7.37. The molecular formula is C25H25N3O2. The minimum absolute atomic E-state index is 0.0192. The molecule has 4 aromatic rings. The summed E-state index contributed by atoms with van der Waals surface area (Å²) >= 11 is 0. The van der Waals surface area contributed by atoms with Crippen molar-refractivity contribution in [3.8, 4) is 5.75 Å². The van der Waals surface area contributed by atoms with Crippen LogP contribution in [0.15, 0.2) is 85.2 Å². The van der Waals surface area contributed by atoms with Crippen LogP contribution in [-0.4, -0.2) is 34.3 Å². The van der Waals surface area contributed by atoms with E-state index in [1.165, 1.54) is 0 Å². The van der Waals surface area contributed by atoms with Crippen molar-refractivity contribution in [3.63, 3.8) is 0 Å². The zero-order valence-corrected chi connectivity index (χ0v) is 17.2. The number of rotatable bonds is 7. The van der Waals surface area contributed by atoms with Crippen LogP contribution in [0.1, 0.15) is 29.2 Å². The Labute approximate surface area is 176 Å². The Morgan fingerprint density at radius 3 is 2.43 bits per heavy atom. The molecule has 0 aliphatic heterocycles. The fourth-order valence-corrected chi connectivity index (χ4v) is 3.71. The second-order valence-electron chi connectivity index (χ2n) is 7.37. The van der Waals surface area contributed by atoms with Gasteiger partial charge in [-0.15, -0.1) is 0 Å². The summed E-state index contributed by atoms with van der Waals surface area (Å²) in [4.78, 5) is 19.3. The van der Waals surface area contributed by atoms with Gasteiger partial charge < -0.3 is 14.0 Å². The molecule has 0 aliphatic rings. The lowest BCUT2D eigenvalue weighted by atomic mass is 9.88. The lowest BCUT2D eigenvalue weighted by Gasteiger charge is -2.22. The predicted molar refractivity (Wildman–Crippen MR) is 118 cm³/mol. The van der Waals surface area contributed by atoms with Gasteiger partial charge in [0.2, 0.25) is 5.91 Å². The van der Waals surface area contributed by atoms with Crippen LogP contribution in [0.4, 0.5) is 0 Å². The topological polar surface area (TPSA) is 46.8 Å². The van der Waals surface area contributed by atoms with E-state index in [2.05, 4.69) is 17.1 Å². The summed E-state index contributed by atoms with van der Waals surface area (Å²) < 4.78 is 7.30. The highest BCUT2D eigenvalue weighted by atomic mass is 16.5. The van der Waals surface area contributed by atoms with Crippen LogP contribution in [-0.2, 0) is 11.3 Å². The molecule has 30 heavy (non-hydrogen) atoms. The van der Waals surface area contributed by atoms with Gasteiger partial charge in [-0.2, -0.15) is 0 Å². The Bertz CT molecular complexity index is 1120. The molecule has 1 atom stereocenters. The zero-order chi connectivity index (χ0) is 20.9. The Hall–Kier alpha value is -3.60. The van der Waals surface area contributed by atoms with Crippen LogP contribution in [0, 0.1) is 0 Å². The minimum Gasteiger partial charge on any atom is -0.497 e. The first-order chi connectivity index (χ1) is 14.7. The molecule has 0 saturated carbocycles. The van der Waals surface area contributed by atoms with Gasteiger partial charge in [-0.25, -0.2) is 4.98 Å². The molecule has 5 nitrogen and oxygen atoms in total. The third-order valence-electron chi connectivity index (χ3n) is 5.42. The van der Waals surface area contributed by atoms with E-state index in [1.807, 2.05) is 84.5 Å². The summed E-state index contributed by atoms with van der Waals surface area (Å²) in [7, 11) is 3.50. The molecule has 2 aromatic heterocycles. The maximum absolute atomic E-state index is 13.2. The van der Waals surface area contributed by atoms with E-state index in [-0.39, 0.29) is 11.8 Å². The van der Waals surface area contributed by atoms with Gasteiger partial charge in [0.05, 0.1) is 25.5 Å². The van der Waals surface area contributed by atoms with Gasteiger partial charge in [0, 0.05) is 25.6 Å². The van der Waals surface area contributed by atoms with E-state index < -0.39 is 0 Å². The van der Waals surface area contributed by atoms with Crippen LogP contribution >= 0.6 is 0 Å². The van der Waals surface area contributed by atoms with Crippen LogP contribution in [0.3, 0.4) is 0 Å². The number of ether oxygens (including phenoxy) is 1. The second kappa shape index (κ2) is 8.82. The van der Waals surface area contributed by atoms with Gasteiger partial charge in [-0.05, 0) is 35.4 Å². The first kappa shape index (κ1) is 19.7. The van der Waals surface area contributed by atoms with Crippen molar-refractivity contribution in [2.45, 2.75) is 18.9 Å². The number of carbonyl (C=O) groups is 1. The number of amides is 1. The summed E-state index contributed by atoms with van der Waals surface area (Å²) in [6, 6.07) is 24.0. The Kier molecular flexibility index (Phi) is 5.80. The molecule has 2 heterocycles. The minimum atomic E-state index is -0.0192. The summed E-state index contributed by atoms with van der Waals surface area (Å²) in [6.07, 6.45) is 4.20. The normalized spacial score (nSPS) is 11.9. The molecule has 0 spiro atoms. The van der Waals surface area contributed by atoms with Crippen molar-refractivity contribution in [3.05, 3.63) is 102 Å². The SMILES string of the molecule is COc1ccc([C@@H](CC(=O)N(C)Cc2cnc3ccccn23)c2ccccc2)cc1. The molecule has 0 radical (unpaired) electrons.